The predicted molar refractivity (Wildman–Crippen MR) is 56.3 cm³/mol. The van der Waals surface area contributed by atoms with Gasteiger partial charge in [0.25, 0.3) is 10.0 Å². The zero-order chi connectivity index (χ0) is 12.5. The number of nitrogens with zero attached hydrogens (tertiary/aromatic N) is 2. The number of ether oxygens (including phenoxy) is 1. The summed E-state index contributed by atoms with van der Waals surface area (Å²) in [5, 5.41) is 5.87. The molecule has 1 saturated heterocycles. The standard InChI is InChI=1S/C8H12N4O4S/c9-8(13)6-5-16-4-3-12(6)17(14,15)7-1-2-10-11-7/h1-2,6H,3-5H2,(H2,9,13)(H,10,11). The summed E-state index contributed by atoms with van der Waals surface area (Å²) in [5.41, 5.74) is 5.16. The van der Waals surface area contributed by atoms with E-state index in [0.717, 1.165) is 4.31 Å². The van der Waals surface area contributed by atoms with Gasteiger partial charge in [-0.2, -0.15) is 9.40 Å². The Labute approximate surface area is 97.8 Å². The van der Waals surface area contributed by atoms with Crippen molar-refractivity contribution in [3.05, 3.63) is 12.3 Å². The summed E-state index contributed by atoms with van der Waals surface area (Å²) in [6, 6.07) is 0.347. The highest BCUT2D eigenvalue weighted by Gasteiger charge is 2.37. The fraction of sp³-hybridized carbons (Fsp3) is 0.500. The number of hydrogen-bond acceptors (Lipinski definition) is 5. The number of aromatic nitrogens is 2. The van der Waals surface area contributed by atoms with E-state index in [1.807, 2.05) is 0 Å². The first-order valence-corrected chi connectivity index (χ1v) is 6.36. The number of rotatable bonds is 3. The summed E-state index contributed by atoms with van der Waals surface area (Å²) >= 11 is 0. The fourth-order valence-corrected chi connectivity index (χ4v) is 3.08. The van der Waals surface area contributed by atoms with Crippen LogP contribution in [0.1, 0.15) is 0 Å². The van der Waals surface area contributed by atoms with E-state index in [2.05, 4.69) is 10.2 Å². The molecule has 0 saturated carbocycles. The van der Waals surface area contributed by atoms with Crippen LogP contribution >= 0.6 is 0 Å². The number of morpholine rings is 1. The monoisotopic (exact) mass is 260 g/mol. The predicted octanol–water partition coefficient (Wildman–Crippen LogP) is -1.72. The van der Waals surface area contributed by atoms with E-state index in [1.165, 1.54) is 12.3 Å². The number of carbonyl (C=O) groups is 1. The Kier molecular flexibility index (Phi) is 3.13. The van der Waals surface area contributed by atoms with Crippen LogP contribution in [0.4, 0.5) is 0 Å². The molecule has 94 valence electrons. The molecular formula is C8H12N4O4S. The summed E-state index contributed by atoms with van der Waals surface area (Å²) in [6.45, 7) is 0.300. The Bertz CT molecular complexity index is 498. The third kappa shape index (κ3) is 2.16. The SMILES string of the molecule is NC(=O)C1COCCN1S(=O)(=O)c1ccn[nH]1. The van der Waals surface area contributed by atoms with Gasteiger partial charge < -0.3 is 10.5 Å². The van der Waals surface area contributed by atoms with Gasteiger partial charge in [-0.15, -0.1) is 0 Å². The van der Waals surface area contributed by atoms with E-state index in [0.29, 0.717) is 0 Å². The molecule has 1 aliphatic heterocycles. The van der Waals surface area contributed by atoms with Crippen molar-refractivity contribution < 1.29 is 17.9 Å². The lowest BCUT2D eigenvalue weighted by Crippen LogP contribution is -2.54. The lowest BCUT2D eigenvalue weighted by Gasteiger charge is -2.31. The maximum atomic E-state index is 12.2. The van der Waals surface area contributed by atoms with Gasteiger partial charge in [0.1, 0.15) is 6.04 Å². The minimum Gasteiger partial charge on any atom is -0.378 e. The summed E-state index contributed by atoms with van der Waals surface area (Å²) in [6.07, 6.45) is 1.33. The Morgan fingerprint density at radius 2 is 2.41 bits per heavy atom. The van der Waals surface area contributed by atoms with Crippen molar-refractivity contribution in [2.45, 2.75) is 11.1 Å². The molecule has 0 aromatic carbocycles. The molecule has 1 aromatic rings. The molecule has 0 bridgehead atoms. The topological polar surface area (TPSA) is 118 Å². The molecule has 0 spiro atoms. The third-order valence-electron chi connectivity index (χ3n) is 2.47. The van der Waals surface area contributed by atoms with Crippen LogP contribution in [0.5, 0.6) is 0 Å². The first-order valence-electron chi connectivity index (χ1n) is 4.92. The minimum atomic E-state index is -3.78. The van der Waals surface area contributed by atoms with Crippen molar-refractivity contribution in [1.29, 1.82) is 0 Å². The van der Waals surface area contributed by atoms with Gasteiger partial charge in [0.2, 0.25) is 5.91 Å². The average molecular weight is 260 g/mol. The molecule has 2 rings (SSSR count). The van der Waals surface area contributed by atoms with Crippen LogP contribution in [-0.2, 0) is 19.6 Å². The highest BCUT2D eigenvalue weighted by molar-refractivity contribution is 7.89. The van der Waals surface area contributed by atoms with Crippen molar-refractivity contribution in [2.75, 3.05) is 19.8 Å². The van der Waals surface area contributed by atoms with Crippen LogP contribution in [0.3, 0.4) is 0 Å². The zero-order valence-corrected chi connectivity index (χ0v) is 9.68. The van der Waals surface area contributed by atoms with Gasteiger partial charge >= 0.3 is 0 Å². The Balaban J connectivity index is 2.34. The highest BCUT2D eigenvalue weighted by Crippen LogP contribution is 2.18. The maximum absolute atomic E-state index is 12.2. The second-order valence-electron chi connectivity index (χ2n) is 3.53. The van der Waals surface area contributed by atoms with Crippen LogP contribution in [0.15, 0.2) is 17.3 Å². The van der Waals surface area contributed by atoms with E-state index in [4.69, 9.17) is 10.5 Å². The van der Waals surface area contributed by atoms with Gasteiger partial charge in [0.05, 0.1) is 19.4 Å². The second kappa shape index (κ2) is 4.43. The smallest absolute Gasteiger partial charge is 0.260 e. The number of nitrogens with one attached hydrogen (secondary N) is 1. The average Bonchev–Trinajstić information content (AvgIpc) is 2.83. The number of amides is 1. The number of H-pyrrole nitrogens is 1. The van der Waals surface area contributed by atoms with Gasteiger partial charge in [0, 0.05) is 6.54 Å². The largest absolute Gasteiger partial charge is 0.378 e. The lowest BCUT2D eigenvalue weighted by molar-refractivity contribution is -0.125. The number of carbonyl (C=O) groups excluding carboxylic acids is 1. The molecule has 1 fully saturated rings. The molecule has 1 atom stereocenters. The molecule has 9 heteroatoms. The highest BCUT2D eigenvalue weighted by atomic mass is 32.2. The molecule has 0 radical (unpaired) electrons. The number of aromatic amines is 1. The normalized spacial score (nSPS) is 22.5. The van der Waals surface area contributed by atoms with Crippen LogP contribution in [0, 0.1) is 0 Å². The molecule has 1 amide bonds. The zero-order valence-electron chi connectivity index (χ0n) is 8.87. The molecule has 1 aliphatic rings. The van der Waals surface area contributed by atoms with Crippen molar-refractivity contribution in [3.63, 3.8) is 0 Å². The summed E-state index contributed by atoms with van der Waals surface area (Å²) in [5.74, 6) is -0.729. The first-order chi connectivity index (χ1) is 8.03. The minimum absolute atomic E-state index is 0.0251. The van der Waals surface area contributed by atoms with E-state index in [1.54, 1.807) is 0 Å². The number of sulfonamides is 1. The Hall–Kier alpha value is -1.45. The summed E-state index contributed by atoms with van der Waals surface area (Å²) in [7, 11) is -3.78. The number of primary amides is 1. The van der Waals surface area contributed by atoms with Gasteiger partial charge in [-0.05, 0) is 6.07 Å². The van der Waals surface area contributed by atoms with E-state index in [-0.39, 0.29) is 24.8 Å². The first kappa shape index (κ1) is 12.0. The number of nitrogens with two attached hydrogens (primary N) is 1. The van der Waals surface area contributed by atoms with Gasteiger partial charge in [0.15, 0.2) is 5.03 Å². The molecule has 17 heavy (non-hydrogen) atoms. The molecule has 2 heterocycles. The van der Waals surface area contributed by atoms with Crippen molar-refractivity contribution in [1.82, 2.24) is 14.5 Å². The number of hydrogen-bond donors (Lipinski definition) is 2. The quantitative estimate of drug-likeness (QED) is 0.670. The van der Waals surface area contributed by atoms with Crippen molar-refractivity contribution in [2.24, 2.45) is 5.73 Å². The lowest BCUT2D eigenvalue weighted by atomic mass is 10.3. The Morgan fingerprint density at radius 3 is 3.00 bits per heavy atom. The van der Waals surface area contributed by atoms with Crippen molar-refractivity contribution in [3.8, 4) is 0 Å². The van der Waals surface area contributed by atoms with E-state index < -0.39 is 22.0 Å². The molecule has 1 unspecified atom stereocenters. The molecule has 3 N–H and O–H groups in total. The molecule has 0 aliphatic carbocycles. The second-order valence-corrected chi connectivity index (χ2v) is 5.39. The van der Waals surface area contributed by atoms with Gasteiger partial charge in [-0.25, -0.2) is 8.42 Å². The molecule has 8 nitrogen and oxygen atoms in total. The third-order valence-corrected chi connectivity index (χ3v) is 4.31. The fourth-order valence-electron chi connectivity index (χ4n) is 1.61. The van der Waals surface area contributed by atoms with Crippen molar-refractivity contribution >= 4 is 15.9 Å². The Morgan fingerprint density at radius 1 is 1.65 bits per heavy atom. The van der Waals surface area contributed by atoms with E-state index in [9.17, 15) is 13.2 Å². The summed E-state index contributed by atoms with van der Waals surface area (Å²) in [4.78, 5) is 11.2. The van der Waals surface area contributed by atoms with Crippen LogP contribution in [0.25, 0.3) is 0 Å². The van der Waals surface area contributed by atoms with Crippen LogP contribution < -0.4 is 5.73 Å². The van der Waals surface area contributed by atoms with Crippen LogP contribution in [0.2, 0.25) is 0 Å². The molecular weight excluding hydrogens is 248 g/mol. The maximum Gasteiger partial charge on any atom is 0.260 e. The summed E-state index contributed by atoms with van der Waals surface area (Å²) < 4.78 is 30.4. The van der Waals surface area contributed by atoms with Gasteiger partial charge in [-0.3, -0.25) is 9.89 Å². The molecule has 1 aromatic heterocycles. The van der Waals surface area contributed by atoms with Gasteiger partial charge in [-0.1, -0.05) is 0 Å². The van der Waals surface area contributed by atoms with Crippen LogP contribution in [-0.4, -0.2) is 54.6 Å². The van der Waals surface area contributed by atoms with E-state index >= 15 is 0 Å².